The van der Waals surface area contributed by atoms with E-state index in [1.807, 2.05) is 0 Å². The molecule has 0 aliphatic heterocycles. The van der Waals surface area contributed by atoms with Crippen LogP contribution in [0.2, 0.25) is 0 Å². The summed E-state index contributed by atoms with van der Waals surface area (Å²) in [5.41, 5.74) is 0. The van der Waals surface area contributed by atoms with Gasteiger partial charge in [-0.05, 0) is 0 Å². The summed E-state index contributed by atoms with van der Waals surface area (Å²) in [6.07, 6.45) is -15.7. The highest BCUT2D eigenvalue weighted by Gasteiger charge is 2.91. The van der Waals surface area contributed by atoms with Crippen molar-refractivity contribution in [2.45, 2.75) is 59.7 Å². The number of esters is 2. The summed E-state index contributed by atoms with van der Waals surface area (Å²) >= 11 is 0. The minimum atomic E-state index is -8.47. The normalized spacial score (nSPS) is 16.1. The number of rotatable bonds is 8. The van der Waals surface area contributed by atoms with E-state index >= 15 is 0 Å². The summed E-state index contributed by atoms with van der Waals surface area (Å²) in [6.45, 7) is 0. The Balaban J connectivity index is 6.47. The zero-order chi connectivity index (χ0) is 30.9. The molecule has 25 heteroatoms. The molecule has 37 heavy (non-hydrogen) atoms. The van der Waals surface area contributed by atoms with E-state index in [1.165, 1.54) is 0 Å². The topological polar surface area (TPSA) is 43.4 Å². The molecule has 0 saturated heterocycles. The van der Waals surface area contributed by atoms with Crippen LogP contribution in [0.4, 0.5) is 96.6 Å². The highest BCUT2D eigenvalue weighted by Crippen LogP contribution is 2.59. The first-order chi connectivity index (χ1) is 15.5. The van der Waals surface area contributed by atoms with Crippen molar-refractivity contribution in [1.82, 2.24) is 0 Å². The van der Waals surface area contributed by atoms with Gasteiger partial charge in [0.2, 0.25) is 0 Å². The first kappa shape index (κ1) is 34.6. The number of hydrogen-bond donors (Lipinski definition) is 0. The predicted octanol–water partition coefficient (Wildman–Crippen LogP) is 6.26. The quantitative estimate of drug-likeness (QED) is 0.185. The highest BCUT2D eigenvalue weighted by molar-refractivity contribution is 5.93. The first-order valence-electron chi connectivity index (χ1n) is 7.47. The Morgan fingerprint density at radius 2 is 0.514 bits per heavy atom. The molecule has 0 rings (SSSR count). The van der Waals surface area contributed by atoms with E-state index < -0.39 is 71.7 Å². The highest BCUT2D eigenvalue weighted by atomic mass is 19.4. The molecule has 0 saturated carbocycles. The molecule has 3 nitrogen and oxygen atoms in total. The second kappa shape index (κ2) is 8.56. The largest absolute Gasteiger partial charge is 0.460 e. The van der Waals surface area contributed by atoms with E-state index in [1.54, 1.807) is 4.74 Å². The van der Waals surface area contributed by atoms with E-state index in [4.69, 9.17) is 0 Å². The first-order valence-corrected chi connectivity index (χ1v) is 7.47. The van der Waals surface area contributed by atoms with Crippen LogP contribution in [-0.4, -0.2) is 71.7 Å². The molecule has 0 unspecified atom stereocenters. The van der Waals surface area contributed by atoms with Gasteiger partial charge in [0, 0.05) is 0 Å². The molecule has 0 aromatic heterocycles. The summed E-state index contributed by atoms with van der Waals surface area (Å²) in [4.78, 5) is 21.4. The number of halogens is 22. The molecule has 0 aromatic carbocycles. The average molecular weight is 610 g/mol. The van der Waals surface area contributed by atoms with Crippen molar-refractivity contribution in [3.05, 3.63) is 0 Å². The summed E-state index contributed by atoms with van der Waals surface area (Å²) in [5.74, 6) is -76.8. The maximum absolute atomic E-state index is 13.2. The number of ether oxygens (including phenoxy) is 1. The van der Waals surface area contributed by atoms with Crippen LogP contribution < -0.4 is 0 Å². The summed E-state index contributed by atoms with van der Waals surface area (Å²) < 4.78 is 280. The molecule has 0 spiro atoms. The summed E-state index contributed by atoms with van der Waals surface area (Å²) in [6, 6.07) is 0. The van der Waals surface area contributed by atoms with Crippen molar-refractivity contribution in [3.63, 3.8) is 0 Å². The number of alkyl halides is 22. The number of hydrogen-bond acceptors (Lipinski definition) is 3. The zero-order valence-corrected chi connectivity index (χ0v) is 15.5. The van der Waals surface area contributed by atoms with Crippen LogP contribution in [0.5, 0.6) is 0 Å². The third-order valence-corrected chi connectivity index (χ3v) is 3.78. The maximum Gasteiger partial charge on any atom is 0.460 e. The smallest absolute Gasteiger partial charge is 0.384 e. The molecule has 0 fully saturated rings. The van der Waals surface area contributed by atoms with Crippen LogP contribution >= 0.6 is 0 Å². The van der Waals surface area contributed by atoms with Crippen LogP contribution in [0.3, 0.4) is 0 Å². The lowest BCUT2D eigenvalue weighted by atomic mass is 9.97. The second-order valence-electron chi connectivity index (χ2n) is 6.27. The number of carbonyl (C=O) groups is 2. The zero-order valence-electron chi connectivity index (χ0n) is 15.5. The van der Waals surface area contributed by atoms with Gasteiger partial charge < -0.3 is 4.74 Å². The molecule has 0 aromatic rings. The van der Waals surface area contributed by atoms with Gasteiger partial charge in [0.25, 0.3) is 0 Å². The fraction of sp³-hybridized carbons (Fsp3) is 0.833. The third-order valence-electron chi connectivity index (χ3n) is 3.78. The van der Waals surface area contributed by atoms with Gasteiger partial charge in [0.1, 0.15) is 0 Å². The van der Waals surface area contributed by atoms with Gasteiger partial charge in [-0.2, -0.15) is 96.6 Å². The minimum Gasteiger partial charge on any atom is -0.384 e. The SMILES string of the molecule is O=C(OC(=O)C(F)(F)C(F)(F)C(F)(F)C(F)(F)C(F)(F)F)C(F)(F)C(F)(F)C(F)(F)C(F)(F)C(F)(F)F. The van der Waals surface area contributed by atoms with Gasteiger partial charge in [0.05, 0.1) is 0 Å². The van der Waals surface area contributed by atoms with Crippen LogP contribution in [0.15, 0.2) is 0 Å². The lowest BCUT2D eigenvalue weighted by Gasteiger charge is -2.37. The van der Waals surface area contributed by atoms with Crippen molar-refractivity contribution in [2.24, 2.45) is 0 Å². The molecule has 0 N–H and O–H groups in total. The fourth-order valence-electron chi connectivity index (χ4n) is 1.61. The Morgan fingerprint density at radius 1 is 0.324 bits per heavy atom. The van der Waals surface area contributed by atoms with Gasteiger partial charge in [-0.15, -0.1) is 0 Å². The molecular formula is C12F22O3. The lowest BCUT2D eigenvalue weighted by Crippen LogP contribution is -2.69. The molecule has 0 aliphatic carbocycles. The van der Waals surface area contributed by atoms with Gasteiger partial charge in [-0.1, -0.05) is 0 Å². The van der Waals surface area contributed by atoms with E-state index in [-0.39, 0.29) is 0 Å². The Kier molecular flexibility index (Phi) is 8.00. The molecule has 0 atom stereocenters. The molecule has 0 radical (unpaired) electrons. The van der Waals surface area contributed by atoms with Crippen LogP contribution in [0, 0.1) is 0 Å². The Labute approximate surface area is 184 Å². The van der Waals surface area contributed by atoms with Gasteiger partial charge in [-0.25, -0.2) is 9.59 Å². The van der Waals surface area contributed by atoms with Gasteiger partial charge in [0.15, 0.2) is 0 Å². The lowest BCUT2D eigenvalue weighted by molar-refractivity contribution is -0.420. The van der Waals surface area contributed by atoms with Gasteiger partial charge in [-0.3, -0.25) is 0 Å². The Morgan fingerprint density at radius 3 is 0.676 bits per heavy atom. The molecule has 0 bridgehead atoms. The van der Waals surface area contributed by atoms with Crippen LogP contribution in [-0.2, 0) is 14.3 Å². The monoisotopic (exact) mass is 610 g/mol. The summed E-state index contributed by atoms with van der Waals surface area (Å²) in [7, 11) is 0. The van der Waals surface area contributed by atoms with Gasteiger partial charge >= 0.3 is 71.7 Å². The van der Waals surface area contributed by atoms with Crippen molar-refractivity contribution >= 4 is 11.9 Å². The molecule has 0 heterocycles. The molecule has 220 valence electrons. The molecule has 0 amide bonds. The number of carbonyl (C=O) groups excluding carboxylic acids is 2. The Hall–Kier alpha value is -2.40. The third kappa shape index (κ3) is 4.58. The van der Waals surface area contributed by atoms with Crippen molar-refractivity contribution in [3.8, 4) is 0 Å². The predicted molar refractivity (Wildman–Crippen MR) is 62.8 cm³/mol. The maximum atomic E-state index is 13.2. The van der Waals surface area contributed by atoms with E-state index in [9.17, 15) is 106 Å². The van der Waals surface area contributed by atoms with E-state index in [2.05, 4.69) is 0 Å². The average Bonchev–Trinajstić information content (AvgIpc) is 2.64. The minimum absolute atomic E-state index is 1.68. The van der Waals surface area contributed by atoms with Crippen LogP contribution in [0.25, 0.3) is 0 Å². The molecule has 0 aliphatic rings. The standard InChI is InChI=1S/C12F22O3/c13-3(14,5(17,18)7(21,22)9(25,26)11(29,30)31)1(35)37-2(36)4(15,16)6(19,20)8(23,24)10(27,28)12(32,33)34. The van der Waals surface area contributed by atoms with E-state index in [0.717, 1.165) is 0 Å². The fourth-order valence-corrected chi connectivity index (χ4v) is 1.61. The van der Waals surface area contributed by atoms with E-state index in [0.29, 0.717) is 0 Å². The van der Waals surface area contributed by atoms with Crippen molar-refractivity contribution in [1.29, 1.82) is 0 Å². The molecular weight excluding hydrogens is 610 g/mol. The second-order valence-corrected chi connectivity index (χ2v) is 6.27. The van der Waals surface area contributed by atoms with Crippen molar-refractivity contribution < 1.29 is 111 Å². The summed E-state index contributed by atoms with van der Waals surface area (Å²) in [5, 5.41) is 0. The van der Waals surface area contributed by atoms with Crippen LogP contribution in [0.1, 0.15) is 0 Å². The Bertz CT molecular complexity index is 820. The van der Waals surface area contributed by atoms with Crippen molar-refractivity contribution in [2.75, 3.05) is 0 Å².